The zero-order chi connectivity index (χ0) is 12.5. The van der Waals surface area contributed by atoms with Crippen LogP contribution in [0.1, 0.15) is 38.5 Å². The van der Waals surface area contributed by atoms with Gasteiger partial charge in [0.25, 0.3) is 0 Å². The maximum absolute atomic E-state index is 11.8. The molecule has 1 N–H and O–H groups in total. The Morgan fingerprint density at radius 3 is 1.88 bits per heavy atom. The van der Waals surface area contributed by atoms with E-state index in [0.717, 1.165) is 38.5 Å². The lowest BCUT2D eigenvalue weighted by Crippen LogP contribution is -2.58. The summed E-state index contributed by atoms with van der Waals surface area (Å²) in [5, 5.41) is 2.93. The zero-order valence-corrected chi connectivity index (χ0v) is 10.4. The van der Waals surface area contributed by atoms with Crippen molar-refractivity contribution in [2.45, 2.75) is 44.1 Å². The number of nitrogens with one attached hydrogen (secondary N) is 1. The SMILES string of the molecule is COC(=O)NC12CCC(C(=O)OC)(CC1)CC2. The number of esters is 1. The van der Waals surface area contributed by atoms with Gasteiger partial charge >= 0.3 is 12.1 Å². The summed E-state index contributed by atoms with van der Waals surface area (Å²) in [5.74, 6) is -0.0936. The fourth-order valence-corrected chi connectivity index (χ4v) is 3.16. The van der Waals surface area contributed by atoms with Gasteiger partial charge in [0.15, 0.2) is 0 Å². The number of methoxy groups -OCH3 is 2. The van der Waals surface area contributed by atoms with Crippen molar-refractivity contribution in [3.63, 3.8) is 0 Å². The third-order valence-electron chi connectivity index (χ3n) is 4.42. The first kappa shape index (κ1) is 12.2. The van der Waals surface area contributed by atoms with Gasteiger partial charge in [-0.1, -0.05) is 0 Å². The number of hydrogen-bond donors (Lipinski definition) is 1. The minimum Gasteiger partial charge on any atom is -0.469 e. The molecule has 3 fully saturated rings. The van der Waals surface area contributed by atoms with Crippen molar-refractivity contribution < 1.29 is 19.1 Å². The summed E-state index contributed by atoms with van der Waals surface area (Å²) in [6, 6.07) is 0. The Morgan fingerprint density at radius 2 is 1.47 bits per heavy atom. The largest absolute Gasteiger partial charge is 0.469 e. The van der Waals surface area contributed by atoms with Crippen LogP contribution in [0.2, 0.25) is 0 Å². The minimum absolute atomic E-state index is 0.0936. The van der Waals surface area contributed by atoms with Crippen LogP contribution < -0.4 is 5.32 Å². The standard InChI is InChI=1S/C12H19NO4/c1-16-9(14)11-3-6-12(7-4-11,8-5-11)13-10(15)17-2/h3-8H2,1-2H3,(H,13,15). The van der Waals surface area contributed by atoms with Crippen LogP contribution in [0.25, 0.3) is 0 Å². The smallest absolute Gasteiger partial charge is 0.407 e. The average Bonchev–Trinajstić information content (AvgIpc) is 2.39. The monoisotopic (exact) mass is 241 g/mol. The van der Waals surface area contributed by atoms with E-state index in [1.54, 1.807) is 0 Å². The fraction of sp³-hybridized carbons (Fsp3) is 0.833. The second kappa shape index (κ2) is 4.20. The van der Waals surface area contributed by atoms with E-state index in [9.17, 15) is 9.59 Å². The summed E-state index contributed by atoms with van der Waals surface area (Å²) in [6.45, 7) is 0. The molecule has 96 valence electrons. The highest BCUT2D eigenvalue weighted by molar-refractivity contribution is 5.77. The highest BCUT2D eigenvalue weighted by Crippen LogP contribution is 2.52. The topological polar surface area (TPSA) is 64.6 Å². The first-order valence-corrected chi connectivity index (χ1v) is 6.00. The second-order valence-corrected chi connectivity index (χ2v) is 5.17. The molecule has 0 aromatic carbocycles. The van der Waals surface area contributed by atoms with E-state index in [0.29, 0.717) is 0 Å². The van der Waals surface area contributed by atoms with Crippen molar-refractivity contribution in [1.82, 2.24) is 5.32 Å². The molecule has 0 aliphatic heterocycles. The van der Waals surface area contributed by atoms with Crippen LogP contribution >= 0.6 is 0 Å². The molecule has 0 radical (unpaired) electrons. The van der Waals surface area contributed by atoms with Gasteiger partial charge in [-0.3, -0.25) is 4.79 Å². The molecule has 0 spiro atoms. The molecule has 5 nitrogen and oxygen atoms in total. The number of carbonyl (C=O) groups excluding carboxylic acids is 2. The number of hydrogen-bond acceptors (Lipinski definition) is 4. The summed E-state index contributed by atoms with van der Waals surface area (Å²) < 4.78 is 9.54. The van der Waals surface area contributed by atoms with E-state index in [2.05, 4.69) is 10.1 Å². The second-order valence-electron chi connectivity index (χ2n) is 5.17. The molecule has 3 rings (SSSR count). The van der Waals surface area contributed by atoms with Gasteiger partial charge in [-0.2, -0.15) is 0 Å². The van der Waals surface area contributed by atoms with Gasteiger partial charge in [0.2, 0.25) is 0 Å². The van der Waals surface area contributed by atoms with Crippen molar-refractivity contribution in [3.8, 4) is 0 Å². The van der Waals surface area contributed by atoms with Crippen LogP contribution in [-0.2, 0) is 14.3 Å². The lowest BCUT2D eigenvalue weighted by atomic mass is 9.57. The molecule has 0 saturated heterocycles. The van der Waals surface area contributed by atoms with Crippen molar-refractivity contribution in [1.29, 1.82) is 0 Å². The predicted molar refractivity (Wildman–Crippen MR) is 60.4 cm³/mol. The molecule has 2 bridgehead atoms. The van der Waals surface area contributed by atoms with Crippen molar-refractivity contribution in [3.05, 3.63) is 0 Å². The van der Waals surface area contributed by atoms with Gasteiger partial charge in [-0.25, -0.2) is 4.79 Å². The van der Waals surface area contributed by atoms with E-state index in [-0.39, 0.29) is 23.0 Å². The number of rotatable bonds is 2. The van der Waals surface area contributed by atoms with Crippen LogP contribution in [0.15, 0.2) is 0 Å². The number of alkyl carbamates (subject to hydrolysis) is 1. The van der Waals surface area contributed by atoms with Crippen molar-refractivity contribution in [2.75, 3.05) is 14.2 Å². The highest BCUT2D eigenvalue weighted by Gasteiger charge is 2.53. The Labute approximate surface area is 101 Å². The number of amides is 1. The highest BCUT2D eigenvalue weighted by atomic mass is 16.5. The third kappa shape index (κ3) is 1.98. The molecule has 0 heterocycles. The van der Waals surface area contributed by atoms with E-state index < -0.39 is 0 Å². The van der Waals surface area contributed by atoms with Gasteiger partial charge in [-0.05, 0) is 38.5 Å². The van der Waals surface area contributed by atoms with Gasteiger partial charge in [0.05, 0.1) is 19.6 Å². The summed E-state index contributed by atoms with van der Waals surface area (Å²) in [5.41, 5.74) is -0.461. The van der Waals surface area contributed by atoms with Crippen LogP contribution in [0.5, 0.6) is 0 Å². The van der Waals surface area contributed by atoms with Gasteiger partial charge in [0, 0.05) is 5.54 Å². The quantitative estimate of drug-likeness (QED) is 0.746. The van der Waals surface area contributed by atoms with Crippen LogP contribution in [0.3, 0.4) is 0 Å². The molecule has 0 aromatic heterocycles. The van der Waals surface area contributed by atoms with Crippen molar-refractivity contribution >= 4 is 12.1 Å². The lowest BCUT2D eigenvalue weighted by molar-refractivity contribution is -0.160. The first-order valence-electron chi connectivity index (χ1n) is 6.00. The summed E-state index contributed by atoms with van der Waals surface area (Å²) in [4.78, 5) is 23.1. The van der Waals surface area contributed by atoms with Crippen LogP contribution in [0, 0.1) is 5.41 Å². The molecular formula is C12H19NO4. The van der Waals surface area contributed by atoms with E-state index >= 15 is 0 Å². The molecule has 3 aliphatic carbocycles. The average molecular weight is 241 g/mol. The number of ether oxygens (including phenoxy) is 2. The summed E-state index contributed by atoms with van der Waals surface area (Å²) in [7, 11) is 2.82. The van der Waals surface area contributed by atoms with E-state index in [4.69, 9.17) is 4.74 Å². The third-order valence-corrected chi connectivity index (χ3v) is 4.42. The predicted octanol–water partition coefficient (Wildman–Crippen LogP) is 1.61. The molecule has 1 amide bonds. The Bertz CT molecular complexity index is 315. The normalized spacial score (nSPS) is 35.2. The van der Waals surface area contributed by atoms with E-state index in [1.165, 1.54) is 14.2 Å². The molecule has 0 atom stereocenters. The Morgan fingerprint density at radius 1 is 0.941 bits per heavy atom. The maximum atomic E-state index is 11.8. The Balaban J connectivity index is 2.04. The number of fused-ring (bicyclic) bond motifs is 3. The Kier molecular flexibility index (Phi) is 3.02. The molecule has 3 saturated carbocycles. The number of carbonyl (C=O) groups is 2. The fourth-order valence-electron chi connectivity index (χ4n) is 3.16. The molecule has 0 unspecified atom stereocenters. The molecule has 17 heavy (non-hydrogen) atoms. The summed E-state index contributed by atoms with van der Waals surface area (Å²) in [6.07, 6.45) is 4.50. The molecule has 5 heteroatoms. The first-order chi connectivity index (χ1) is 8.06. The van der Waals surface area contributed by atoms with Gasteiger partial charge in [-0.15, -0.1) is 0 Å². The maximum Gasteiger partial charge on any atom is 0.407 e. The van der Waals surface area contributed by atoms with Crippen LogP contribution in [0.4, 0.5) is 4.79 Å². The van der Waals surface area contributed by atoms with Crippen LogP contribution in [-0.4, -0.2) is 31.8 Å². The lowest BCUT2D eigenvalue weighted by Gasteiger charge is -2.51. The molecule has 0 aromatic rings. The summed E-state index contributed by atoms with van der Waals surface area (Å²) >= 11 is 0. The molecule has 3 aliphatic rings. The van der Waals surface area contributed by atoms with Crippen molar-refractivity contribution in [2.24, 2.45) is 5.41 Å². The van der Waals surface area contributed by atoms with E-state index in [1.807, 2.05) is 0 Å². The van der Waals surface area contributed by atoms with Gasteiger partial charge in [0.1, 0.15) is 0 Å². The zero-order valence-electron chi connectivity index (χ0n) is 10.4. The Hall–Kier alpha value is -1.26. The molecular weight excluding hydrogens is 222 g/mol. The minimum atomic E-state index is -0.377. The van der Waals surface area contributed by atoms with Gasteiger partial charge < -0.3 is 14.8 Å².